The summed E-state index contributed by atoms with van der Waals surface area (Å²) in [5, 5.41) is 9.25. The minimum absolute atomic E-state index is 0.0488. The highest BCUT2D eigenvalue weighted by molar-refractivity contribution is 8.01. The van der Waals surface area contributed by atoms with E-state index in [4.69, 9.17) is 28.3 Å². The Morgan fingerprint density at radius 3 is 2.70 bits per heavy atom. The molecule has 1 heterocycles. The third-order valence-electron chi connectivity index (χ3n) is 3.04. The Morgan fingerprint density at radius 1 is 1.40 bits per heavy atom. The van der Waals surface area contributed by atoms with Gasteiger partial charge in [0.05, 0.1) is 21.7 Å². The Morgan fingerprint density at radius 2 is 2.10 bits per heavy atom. The van der Waals surface area contributed by atoms with E-state index in [1.165, 1.54) is 11.8 Å². The first-order valence-electron chi connectivity index (χ1n) is 6.03. The summed E-state index contributed by atoms with van der Waals surface area (Å²) < 4.78 is 0. The van der Waals surface area contributed by atoms with Gasteiger partial charge in [-0.1, -0.05) is 29.3 Å². The van der Waals surface area contributed by atoms with Crippen molar-refractivity contribution in [3.8, 4) is 0 Å². The minimum Gasteiger partial charge on any atom is -0.481 e. The SMILES string of the molecule is CC1SC(c2ccc(Cl)c(Cl)c2)N(CCC(=O)O)C1=O. The number of nitrogens with zero attached hydrogens (tertiary/aromatic N) is 1. The number of hydrogen-bond acceptors (Lipinski definition) is 3. The summed E-state index contributed by atoms with van der Waals surface area (Å²) in [4.78, 5) is 24.4. The number of carboxylic acids is 1. The van der Waals surface area contributed by atoms with E-state index in [1.807, 2.05) is 13.0 Å². The molecule has 0 spiro atoms. The maximum Gasteiger partial charge on any atom is 0.305 e. The molecule has 0 saturated carbocycles. The predicted molar refractivity (Wildman–Crippen MR) is 80.2 cm³/mol. The van der Waals surface area contributed by atoms with Crippen LogP contribution in [0.5, 0.6) is 0 Å². The molecule has 2 atom stereocenters. The lowest BCUT2D eigenvalue weighted by atomic mass is 10.2. The fourth-order valence-corrected chi connectivity index (χ4v) is 3.65. The molecule has 1 aliphatic rings. The van der Waals surface area contributed by atoms with E-state index in [0.29, 0.717) is 10.0 Å². The molecular formula is C13H13Cl2NO3S. The van der Waals surface area contributed by atoms with Crippen LogP contribution in [-0.4, -0.2) is 33.7 Å². The fraction of sp³-hybridized carbons (Fsp3) is 0.385. The first-order chi connectivity index (χ1) is 9.40. The highest BCUT2D eigenvalue weighted by atomic mass is 35.5. The Labute approximate surface area is 131 Å². The number of thioether (sulfide) groups is 1. The van der Waals surface area contributed by atoms with E-state index < -0.39 is 5.97 Å². The van der Waals surface area contributed by atoms with Crippen LogP contribution in [0.4, 0.5) is 0 Å². The van der Waals surface area contributed by atoms with Crippen LogP contribution < -0.4 is 0 Å². The summed E-state index contributed by atoms with van der Waals surface area (Å²) in [6, 6.07) is 5.22. The van der Waals surface area contributed by atoms with Crippen molar-refractivity contribution in [1.82, 2.24) is 4.90 Å². The molecule has 1 saturated heterocycles. The maximum absolute atomic E-state index is 12.1. The van der Waals surface area contributed by atoms with Gasteiger partial charge in [0, 0.05) is 6.54 Å². The zero-order valence-corrected chi connectivity index (χ0v) is 13.0. The van der Waals surface area contributed by atoms with Crippen molar-refractivity contribution in [2.45, 2.75) is 24.0 Å². The van der Waals surface area contributed by atoms with Crippen LogP contribution in [0.1, 0.15) is 24.3 Å². The normalized spacial score (nSPS) is 22.4. The van der Waals surface area contributed by atoms with Gasteiger partial charge in [0.2, 0.25) is 5.91 Å². The van der Waals surface area contributed by atoms with E-state index in [1.54, 1.807) is 17.0 Å². The first-order valence-corrected chi connectivity index (χ1v) is 7.72. The third-order valence-corrected chi connectivity index (χ3v) is 5.18. The van der Waals surface area contributed by atoms with Crippen LogP contribution in [0.2, 0.25) is 10.0 Å². The monoisotopic (exact) mass is 333 g/mol. The lowest BCUT2D eigenvalue weighted by molar-refractivity contribution is -0.138. The molecular weight excluding hydrogens is 321 g/mol. The summed E-state index contributed by atoms with van der Waals surface area (Å²) in [6.45, 7) is 2.01. The topological polar surface area (TPSA) is 57.6 Å². The molecule has 1 amide bonds. The molecule has 0 aliphatic carbocycles. The van der Waals surface area contributed by atoms with Crippen molar-refractivity contribution in [3.05, 3.63) is 33.8 Å². The van der Waals surface area contributed by atoms with Crippen molar-refractivity contribution in [2.75, 3.05) is 6.54 Å². The van der Waals surface area contributed by atoms with E-state index >= 15 is 0 Å². The molecule has 1 aromatic carbocycles. The maximum atomic E-state index is 12.1. The van der Waals surface area contributed by atoms with Crippen molar-refractivity contribution in [1.29, 1.82) is 0 Å². The van der Waals surface area contributed by atoms with Gasteiger partial charge in [-0.25, -0.2) is 0 Å². The minimum atomic E-state index is -0.921. The zero-order valence-electron chi connectivity index (χ0n) is 10.7. The number of benzene rings is 1. The Hall–Kier alpha value is -0.910. The number of amides is 1. The number of hydrogen-bond donors (Lipinski definition) is 1. The fourth-order valence-electron chi connectivity index (χ4n) is 2.04. The Kier molecular flexibility index (Phi) is 4.83. The van der Waals surface area contributed by atoms with E-state index in [0.717, 1.165) is 5.56 Å². The molecule has 1 aliphatic heterocycles. The number of aliphatic carboxylic acids is 1. The summed E-state index contributed by atoms with van der Waals surface area (Å²) in [7, 11) is 0. The van der Waals surface area contributed by atoms with Crippen LogP contribution >= 0.6 is 35.0 Å². The lowest BCUT2D eigenvalue weighted by Crippen LogP contribution is -2.32. The van der Waals surface area contributed by atoms with Crippen molar-refractivity contribution in [2.24, 2.45) is 0 Å². The average Bonchev–Trinajstić information content (AvgIpc) is 2.67. The molecule has 4 nitrogen and oxygen atoms in total. The van der Waals surface area contributed by atoms with Gasteiger partial charge in [0.1, 0.15) is 5.37 Å². The molecule has 20 heavy (non-hydrogen) atoms. The number of rotatable bonds is 4. The number of halogens is 2. The van der Waals surface area contributed by atoms with Gasteiger partial charge in [-0.3, -0.25) is 9.59 Å². The van der Waals surface area contributed by atoms with Crippen LogP contribution in [0.25, 0.3) is 0 Å². The highest BCUT2D eigenvalue weighted by Gasteiger charge is 2.38. The highest BCUT2D eigenvalue weighted by Crippen LogP contribution is 2.43. The largest absolute Gasteiger partial charge is 0.481 e. The van der Waals surface area contributed by atoms with Crippen LogP contribution in [0.15, 0.2) is 18.2 Å². The zero-order chi connectivity index (χ0) is 14.9. The molecule has 2 rings (SSSR count). The number of carbonyl (C=O) groups is 2. The van der Waals surface area contributed by atoms with E-state index in [2.05, 4.69) is 0 Å². The van der Waals surface area contributed by atoms with Gasteiger partial charge in [0.25, 0.3) is 0 Å². The Balaban J connectivity index is 2.25. The van der Waals surface area contributed by atoms with Gasteiger partial charge in [-0.05, 0) is 24.6 Å². The molecule has 2 unspecified atom stereocenters. The Bertz CT molecular complexity index is 552. The van der Waals surface area contributed by atoms with Crippen LogP contribution in [-0.2, 0) is 9.59 Å². The van der Waals surface area contributed by atoms with Crippen molar-refractivity contribution in [3.63, 3.8) is 0 Å². The summed E-state index contributed by atoms with van der Waals surface area (Å²) in [5.74, 6) is -0.970. The van der Waals surface area contributed by atoms with Gasteiger partial charge < -0.3 is 10.0 Å². The van der Waals surface area contributed by atoms with Gasteiger partial charge in [0.15, 0.2) is 0 Å². The molecule has 1 fully saturated rings. The quantitative estimate of drug-likeness (QED) is 0.916. The van der Waals surface area contributed by atoms with Crippen LogP contribution in [0, 0.1) is 0 Å². The molecule has 0 aromatic heterocycles. The number of carboxylic acid groups (broad SMARTS) is 1. The molecule has 1 aromatic rings. The van der Waals surface area contributed by atoms with Crippen LogP contribution in [0.3, 0.4) is 0 Å². The summed E-state index contributed by atoms with van der Waals surface area (Å²) in [5.41, 5.74) is 0.854. The predicted octanol–water partition coefficient (Wildman–Crippen LogP) is 3.43. The third kappa shape index (κ3) is 3.22. The smallest absolute Gasteiger partial charge is 0.305 e. The van der Waals surface area contributed by atoms with Crippen molar-refractivity contribution < 1.29 is 14.7 Å². The standard InChI is InChI=1S/C13H13Cl2NO3S/c1-7-12(19)16(5-4-11(17)18)13(20-7)8-2-3-9(14)10(15)6-8/h2-3,6-7,13H,4-5H2,1H3,(H,17,18). The number of carbonyl (C=O) groups excluding carboxylic acids is 1. The molecule has 0 bridgehead atoms. The van der Waals surface area contributed by atoms with Gasteiger partial charge >= 0.3 is 5.97 Å². The summed E-state index contributed by atoms with van der Waals surface area (Å²) >= 11 is 13.4. The summed E-state index contributed by atoms with van der Waals surface area (Å²) in [6.07, 6.45) is -0.0726. The molecule has 108 valence electrons. The van der Waals surface area contributed by atoms with Gasteiger partial charge in [-0.15, -0.1) is 11.8 Å². The van der Waals surface area contributed by atoms with Crippen molar-refractivity contribution >= 4 is 46.8 Å². The molecule has 0 radical (unpaired) electrons. The van der Waals surface area contributed by atoms with E-state index in [-0.39, 0.29) is 29.5 Å². The second kappa shape index (κ2) is 6.24. The second-order valence-electron chi connectivity index (χ2n) is 4.48. The lowest BCUT2D eigenvalue weighted by Gasteiger charge is -2.23. The molecule has 7 heteroatoms. The average molecular weight is 334 g/mol. The second-order valence-corrected chi connectivity index (χ2v) is 6.72. The van der Waals surface area contributed by atoms with E-state index in [9.17, 15) is 9.59 Å². The first kappa shape index (κ1) is 15.5. The van der Waals surface area contributed by atoms with Gasteiger partial charge in [-0.2, -0.15) is 0 Å². The molecule has 1 N–H and O–H groups in total.